The van der Waals surface area contributed by atoms with Crippen LogP contribution in [0.1, 0.15) is 68.9 Å². The van der Waals surface area contributed by atoms with E-state index in [0.717, 1.165) is 19.4 Å². The van der Waals surface area contributed by atoms with Gasteiger partial charge in [0.05, 0.1) is 11.7 Å². The number of nitrogens with one attached hydrogen (secondary N) is 1. The minimum atomic E-state index is 0.657. The molecule has 0 unspecified atom stereocenters. The molecule has 0 aliphatic heterocycles. The van der Waals surface area contributed by atoms with Gasteiger partial charge < -0.3 is 5.32 Å². The molecular formula is C15H27N3. The van der Waals surface area contributed by atoms with Crippen molar-refractivity contribution >= 4 is 0 Å². The Labute approximate surface area is 111 Å². The summed E-state index contributed by atoms with van der Waals surface area (Å²) in [6.07, 6.45) is 8.92. The van der Waals surface area contributed by atoms with Crippen LogP contribution in [0, 0.1) is 0 Å². The summed E-state index contributed by atoms with van der Waals surface area (Å²) >= 11 is 0. The molecule has 1 aromatic heterocycles. The molecule has 102 valence electrons. The maximum absolute atomic E-state index is 4.92. The molecule has 1 aliphatic carbocycles. The molecule has 0 aromatic carbocycles. The summed E-state index contributed by atoms with van der Waals surface area (Å²) in [5, 5.41) is 8.21. The molecule has 1 heterocycles. The first-order valence-corrected chi connectivity index (χ1v) is 7.55. The third kappa shape index (κ3) is 2.61. The Morgan fingerprint density at radius 2 is 1.89 bits per heavy atom. The Balaban J connectivity index is 2.33. The molecule has 1 aromatic rings. The van der Waals surface area contributed by atoms with Gasteiger partial charge in [0, 0.05) is 17.8 Å². The molecule has 18 heavy (non-hydrogen) atoms. The molecule has 0 radical (unpaired) electrons. The van der Waals surface area contributed by atoms with Crippen LogP contribution in [0.5, 0.6) is 0 Å². The van der Waals surface area contributed by atoms with E-state index in [1.54, 1.807) is 0 Å². The maximum Gasteiger partial charge on any atom is 0.0669 e. The molecule has 1 saturated carbocycles. The van der Waals surface area contributed by atoms with Crippen LogP contribution in [0.2, 0.25) is 0 Å². The first-order chi connectivity index (χ1) is 8.81. The Hall–Kier alpha value is -0.830. The fourth-order valence-corrected chi connectivity index (χ4v) is 3.22. The summed E-state index contributed by atoms with van der Waals surface area (Å²) in [6, 6.07) is 0.657. The van der Waals surface area contributed by atoms with Crippen molar-refractivity contribution in [1.82, 2.24) is 15.1 Å². The number of hydrogen-bond acceptors (Lipinski definition) is 2. The largest absolute Gasteiger partial charge is 0.316 e. The van der Waals surface area contributed by atoms with Gasteiger partial charge in [-0.1, -0.05) is 33.1 Å². The van der Waals surface area contributed by atoms with E-state index in [9.17, 15) is 0 Å². The predicted molar refractivity (Wildman–Crippen MR) is 75.9 cm³/mol. The molecule has 2 rings (SSSR count). The van der Waals surface area contributed by atoms with Crippen molar-refractivity contribution in [3.8, 4) is 0 Å². The second-order valence-electron chi connectivity index (χ2n) is 5.35. The smallest absolute Gasteiger partial charge is 0.0669 e. The molecular weight excluding hydrogens is 222 g/mol. The minimum Gasteiger partial charge on any atom is -0.316 e. The van der Waals surface area contributed by atoms with Gasteiger partial charge in [0.2, 0.25) is 0 Å². The molecule has 1 N–H and O–H groups in total. The van der Waals surface area contributed by atoms with Crippen LogP contribution >= 0.6 is 0 Å². The second-order valence-corrected chi connectivity index (χ2v) is 5.35. The average molecular weight is 249 g/mol. The summed E-state index contributed by atoms with van der Waals surface area (Å²) < 4.78 is 2.37. The molecule has 0 bridgehead atoms. The summed E-state index contributed by atoms with van der Waals surface area (Å²) in [5.41, 5.74) is 4.22. The van der Waals surface area contributed by atoms with Gasteiger partial charge in [0.15, 0.2) is 0 Å². The third-order valence-electron chi connectivity index (χ3n) is 4.15. The van der Waals surface area contributed by atoms with Gasteiger partial charge in [0.25, 0.3) is 0 Å². The lowest BCUT2D eigenvalue weighted by Gasteiger charge is -2.24. The number of aromatic nitrogens is 2. The average Bonchev–Trinajstić information content (AvgIpc) is 2.78. The lowest BCUT2D eigenvalue weighted by molar-refractivity contribution is 0.321. The number of nitrogens with zero attached hydrogens (tertiary/aromatic N) is 2. The Bertz CT molecular complexity index is 375. The van der Waals surface area contributed by atoms with Crippen LogP contribution < -0.4 is 5.32 Å². The van der Waals surface area contributed by atoms with E-state index in [1.807, 2.05) is 7.05 Å². The summed E-state index contributed by atoms with van der Waals surface area (Å²) in [4.78, 5) is 0. The highest BCUT2D eigenvalue weighted by Gasteiger charge is 2.22. The molecule has 0 atom stereocenters. The maximum atomic E-state index is 4.92. The van der Waals surface area contributed by atoms with Crippen LogP contribution in [-0.4, -0.2) is 16.8 Å². The number of rotatable bonds is 5. The van der Waals surface area contributed by atoms with Crippen LogP contribution in [0.25, 0.3) is 0 Å². The number of hydrogen-bond donors (Lipinski definition) is 1. The van der Waals surface area contributed by atoms with Gasteiger partial charge >= 0.3 is 0 Å². The van der Waals surface area contributed by atoms with Gasteiger partial charge in [-0.3, -0.25) is 4.68 Å². The molecule has 0 saturated heterocycles. The van der Waals surface area contributed by atoms with E-state index in [-0.39, 0.29) is 0 Å². The van der Waals surface area contributed by atoms with E-state index >= 15 is 0 Å². The van der Waals surface area contributed by atoms with Gasteiger partial charge in [0.1, 0.15) is 0 Å². The normalized spacial score (nSPS) is 17.3. The van der Waals surface area contributed by atoms with E-state index in [0.29, 0.717) is 6.04 Å². The van der Waals surface area contributed by atoms with Crippen molar-refractivity contribution in [2.45, 2.75) is 71.4 Å². The van der Waals surface area contributed by atoms with Crippen molar-refractivity contribution in [1.29, 1.82) is 0 Å². The first kappa shape index (κ1) is 13.6. The summed E-state index contributed by atoms with van der Waals surface area (Å²) in [7, 11) is 2.02. The van der Waals surface area contributed by atoms with Crippen molar-refractivity contribution in [2.24, 2.45) is 0 Å². The van der Waals surface area contributed by atoms with Gasteiger partial charge in [-0.2, -0.15) is 5.10 Å². The SMILES string of the molecule is CCc1nn(C2CCCCC2)c(CC)c1CNC. The van der Waals surface area contributed by atoms with Gasteiger partial charge in [-0.15, -0.1) is 0 Å². The predicted octanol–water partition coefficient (Wildman–Crippen LogP) is 3.23. The lowest BCUT2D eigenvalue weighted by atomic mass is 9.95. The lowest BCUT2D eigenvalue weighted by Crippen LogP contribution is -2.17. The van der Waals surface area contributed by atoms with E-state index in [1.165, 1.54) is 49.1 Å². The zero-order chi connectivity index (χ0) is 13.0. The fraction of sp³-hybridized carbons (Fsp3) is 0.800. The summed E-state index contributed by atoms with van der Waals surface area (Å²) in [6.45, 7) is 5.43. The van der Waals surface area contributed by atoms with Gasteiger partial charge in [-0.25, -0.2) is 0 Å². The molecule has 3 heteroatoms. The van der Waals surface area contributed by atoms with Crippen LogP contribution in [-0.2, 0) is 19.4 Å². The van der Waals surface area contributed by atoms with Crippen molar-refractivity contribution in [3.63, 3.8) is 0 Å². The van der Waals surface area contributed by atoms with Crippen LogP contribution in [0.15, 0.2) is 0 Å². The van der Waals surface area contributed by atoms with E-state index in [4.69, 9.17) is 5.10 Å². The quantitative estimate of drug-likeness (QED) is 0.868. The van der Waals surface area contributed by atoms with Gasteiger partial charge in [-0.05, 0) is 32.7 Å². The minimum absolute atomic E-state index is 0.657. The zero-order valence-electron chi connectivity index (χ0n) is 12.1. The highest BCUT2D eigenvalue weighted by atomic mass is 15.3. The van der Waals surface area contributed by atoms with E-state index < -0.39 is 0 Å². The standard InChI is InChI=1S/C15H27N3/c1-4-14-13(11-16-3)15(5-2)18(17-14)12-9-7-6-8-10-12/h12,16H,4-11H2,1-3H3. The molecule has 0 spiro atoms. The van der Waals surface area contributed by atoms with Crippen LogP contribution in [0.3, 0.4) is 0 Å². The second kappa shape index (κ2) is 6.37. The van der Waals surface area contributed by atoms with Crippen molar-refractivity contribution < 1.29 is 0 Å². The first-order valence-electron chi connectivity index (χ1n) is 7.55. The number of aryl methyl sites for hydroxylation is 1. The van der Waals surface area contributed by atoms with E-state index in [2.05, 4.69) is 23.8 Å². The van der Waals surface area contributed by atoms with Crippen molar-refractivity contribution in [2.75, 3.05) is 7.05 Å². The third-order valence-corrected chi connectivity index (χ3v) is 4.15. The highest BCUT2D eigenvalue weighted by Crippen LogP contribution is 2.30. The summed E-state index contributed by atoms with van der Waals surface area (Å²) in [5.74, 6) is 0. The topological polar surface area (TPSA) is 29.9 Å². The molecule has 0 amide bonds. The monoisotopic (exact) mass is 249 g/mol. The van der Waals surface area contributed by atoms with Crippen LogP contribution in [0.4, 0.5) is 0 Å². The molecule has 1 fully saturated rings. The highest BCUT2D eigenvalue weighted by molar-refractivity contribution is 5.27. The Morgan fingerprint density at radius 1 is 1.17 bits per heavy atom. The molecule has 1 aliphatic rings. The Kier molecular flexibility index (Phi) is 4.81. The zero-order valence-corrected chi connectivity index (χ0v) is 12.1. The molecule has 3 nitrogen and oxygen atoms in total. The fourth-order valence-electron chi connectivity index (χ4n) is 3.22. The Morgan fingerprint density at radius 3 is 2.44 bits per heavy atom. The van der Waals surface area contributed by atoms with Crippen molar-refractivity contribution in [3.05, 3.63) is 17.0 Å².